The fourth-order valence-electron chi connectivity index (χ4n) is 3.04. The second-order valence-corrected chi connectivity index (χ2v) is 6.53. The first-order valence-electron chi connectivity index (χ1n) is 9.54. The fraction of sp³-hybridized carbons (Fsp3) is 0.182. The average molecular weight is 403 g/mol. The van der Waals surface area contributed by atoms with Crippen molar-refractivity contribution in [2.75, 3.05) is 20.3 Å². The average Bonchev–Trinajstić information content (AvgIpc) is 3.20. The molecule has 0 spiro atoms. The molecule has 0 saturated heterocycles. The van der Waals surface area contributed by atoms with Gasteiger partial charge in [-0.2, -0.15) is 4.52 Å². The minimum absolute atomic E-state index is 0.0505. The number of carbonyl (C=O) groups excluding carboxylic acids is 1. The van der Waals surface area contributed by atoms with Crippen LogP contribution in [0.3, 0.4) is 0 Å². The van der Waals surface area contributed by atoms with Crippen LogP contribution in [0.15, 0.2) is 66.7 Å². The lowest BCUT2D eigenvalue weighted by molar-refractivity contribution is -0.120. The zero-order chi connectivity index (χ0) is 20.8. The van der Waals surface area contributed by atoms with Gasteiger partial charge in [-0.05, 0) is 23.8 Å². The molecular formula is C22H21N5O3. The van der Waals surface area contributed by atoms with E-state index >= 15 is 0 Å². The van der Waals surface area contributed by atoms with Crippen molar-refractivity contribution in [3.63, 3.8) is 0 Å². The molecule has 8 heteroatoms. The van der Waals surface area contributed by atoms with Gasteiger partial charge in [-0.15, -0.1) is 15.3 Å². The summed E-state index contributed by atoms with van der Waals surface area (Å²) < 4.78 is 12.7. The smallest absolute Gasteiger partial charge is 0.231 e. The van der Waals surface area contributed by atoms with Crippen molar-refractivity contribution in [3.8, 4) is 23.0 Å². The van der Waals surface area contributed by atoms with Crippen molar-refractivity contribution in [3.05, 3.63) is 72.3 Å². The van der Waals surface area contributed by atoms with E-state index in [0.29, 0.717) is 42.7 Å². The molecule has 30 heavy (non-hydrogen) atoms. The Bertz CT molecular complexity index is 1140. The second-order valence-electron chi connectivity index (χ2n) is 6.53. The first-order valence-corrected chi connectivity index (χ1v) is 9.54. The first-order chi connectivity index (χ1) is 14.7. The highest BCUT2D eigenvalue weighted by Crippen LogP contribution is 2.28. The van der Waals surface area contributed by atoms with Gasteiger partial charge in [-0.3, -0.25) is 4.79 Å². The molecule has 2 heterocycles. The summed E-state index contributed by atoms with van der Waals surface area (Å²) in [6.07, 6.45) is 0.341. The fourth-order valence-corrected chi connectivity index (χ4v) is 3.04. The van der Waals surface area contributed by atoms with E-state index in [-0.39, 0.29) is 5.91 Å². The van der Waals surface area contributed by atoms with Crippen molar-refractivity contribution in [1.29, 1.82) is 0 Å². The molecule has 0 radical (unpaired) electrons. The SMILES string of the molecule is COc1ccccc1-c1nnc2ccc(OCCNC(=O)Cc3ccccc3)nn12. The summed E-state index contributed by atoms with van der Waals surface area (Å²) in [5.41, 5.74) is 2.35. The van der Waals surface area contributed by atoms with Crippen molar-refractivity contribution in [1.82, 2.24) is 25.1 Å². The van der Waals surface area contributed by atoms with Crippen molar-refractivity contribution < 1.29 is 14.3 Å². The zero-order valence-corrected chi connectivity index (χ0v) is 16.5. The Balaban J connectivity index is 1.39. The molecule has 2 aromatic heterocycles. The molecule has 4 aromatic rings. The number of nitrogens with one attached hydrogen (secondary N) is 1. The Morgan fingerprint density at radius 3 is 2.63 bits per heavy atom. The van der Waals surface area contributed by atoms with Gasteiger partial charge < -0.3 is 14.8 Å². The summed E-state index contributed by atoms with van der Waals surface area (Å²) in [4.78, 5) is 12.0. The van der Waals surface area contributed by atoms with Gasteiger partial charge in [0, 0.05) is 6.07 Å². The van der Waals surface area contributed by atoms with E-state index < -0.39 is 0 Å². The summed E-state index contributed by atoms with van der Waals surface area (Å²) in [5, 5.41) is 15.7. The lowest BCUT2D eigenvalue weighted by atomic mass is 10.1. The van der Waals surface area contributed by atoms with Crippen molar-refractivity contribution >= 4 is 11.6 Å². The Morgan fingerprint density at radius 1 is 1.00 bits per heavy atom. The number of rotatable bonds is 8. The highest BCUT2D eigenvalue weighted by Gasteiger charge is 2.14. The number of hydrogen-bond donors (Lipinski definition) is 1. The highest BCUT2D eigenvalue weighted by atomic mass is 16.5. The number of ether oxygens (including phenoxy) is 2. The molecule has 0 fully saturated rings. The van der Waals surface area contributed by atoms with Crippen LogP contribution in [-0.4, -0.2) is 46.0 Å². The van der Waals surface area contributed by atoms with E-state index in [0.717, 1.165) is 11.1 Å². The third kappa shape index (κ3) is 4.38. The summed E-state index contributed by atoms with van der Waals surface area (Å²) in [6.45, 7) is 0.679. The quantitative estimate of drug-likeness (QED) is 0.455. The standard InChI is InChI=1S/C22H21N5O3/c1-29-18-10-6-5-9-17(18)22-25-24-19-11-12-21(26-27(19)22)30-14-13-23-20(28)15-16-7-3-2-4-8-16/h2-12H,13-15H2,1H3,(H,23,28). The molecule has 8 nitrogen and oxygen atoms in total. The Kier molecular flexibility index (Phi) is 5.84. The summed E-state index contributed by atoms with van der Waals surface area (Å²) >= 11 is 0. The minimum atomic E-state index is -0.0505. The van der Waals surface area contributed by atoms with Crippen LogP contribution in [0.25, 0.3) is 17.0 Å². The number of para-hydroxylation sites is 1. The van der Waals surface area contributed by atoms with Gasteiger partial charge in [0.1, 0.15) is 12.4 Å². The molecule has 0 aliphatic rings. The Labute approximate surface area is 173 Å². The maximum atomic E-state index is 12.0. The van der Waals surface area contributed by atoms with Crippen molar-refractivity contribution in [2.45, 2.75) is 6.42 Å². The van der Waals surface area contributed by atoms with E-state index in [1.165, 1.54) is 0 Å². The topological polar surface area (TPSA) is 90.6 Å². The number of fused-ring (bicyclic) bond motifs is 1. The molecule has 152 valence electrons. The van der Waals surface area contributed by atoms with Gasteiger partial charge >= 0.3 is 0 Å². The van der Waals surface area contributed by atoms with Crippen LogP contribution in [0, 0.1) is 0 Å². The lowest BCUT2D eigenvalue weighted by Gasteiger charge is -2.09. The number of benzene rings is 2. The number of aromatic nitrogens is 4. The van der Waals surface area contributed by atoms with Crippen LogP contribution in [0.2, 0.25) is 0 Å². The van der Waals surface area contributed by atoms with Crippen LogP contribution in [0.1, 0.15) is 5.56 Å². The molecule has 0 aliphatic carbocycles. The second kappa shape index (κ2) is 9.04. The zero-order valence-electron chi connectivity index (χ0n) is 16.5. The minimum Gasteiger partial charge on any atom is -0.496 e. The highest BCUT2D eigenvalue weighted by molar-refractivity contribution is 5.78. The van der Waals surface area contributed by atoms with Crippen LogP contribution in [-0.2, 0) is 11.2 Å². The molecule has 0 atom stereocenters. The van der Waals surface area contributed by atoms with E-state index in [2.05, 4.69) is 20.6 Å². The van der Waals surface area contributed by atoms with Crippen molar-refractivity contribution in [2.24, 2.45) is 0 Å². The Morgan fingerprint density at radius 2 is 1.80 bits per heavy atom. The molecule has 4 rings (SSSR count). The monoisotopic (exact) mass is 403 g/mol. The normalized spacial score (nSPS) is 10.7. The van der Waals surface area contributed by atoms with Gasteiger partial charge in [-0.25, -0.2) is 0 Å². The first kappa shape index (κ1) is 19.4. The van der Waals surface area contributed by atoms with Gasteiger partial charge in [-0.1, -0.05) is 42.5 Å². The largest absolute Gasteiger partial charge is 0.496 e. The molecule has 1 N–H and O–H groups in total. The van der Waals surface area contributed by atoms with E-state index in [9.17, 15) is 4.79 Å². The predicted octanol–water partition coefficient (Wildman–Crippen LogP) is 2.54. The van der Waals surface area contributed by atoms with Gasteiger partial charge in [0.05, 0.1) is 25.6 Å². The number of nitrogens with zero attached hydrogens (tertiary/aromatic N) is 4. The Hall–Kier alpha value is -3.94. The number of amides is 1. The lowest BCUT2D eigenvalue weighted by Crippen LogP contribution is -2.29. The third-order valence-corrected chi connectivity index (χ3v) is 4.47. The summed E-state index contributed by atoms with van der Waals surface area (Å²) in [7, 11) is 1.61. The van der Waals surface area contributed by atoms with Gasteiger partial charge in [0.25, 0.3) is 0 Å². The maximum absolute atomic E-state index is 12.0. The van der Waals surface area contributed by atoms with E-state index in [1.807, 2.05) is 54.6 Å². The van der Waals surface area contributed by atoms with Crippen LogP contribution in [0.5, 0.6) is 11.6 Å². The van der Waals surface area contributed by atoms with Gasteiger partial charge in [0.2, 0.25) is 11.8 Å². The molecule has 0 bridgehead atoms. The summed E-state index contributed by atoms with van der Waals surface area (Å²) in [6, 6.07) is 20.6. The van der Waals surface area contributed by atoms with Crippen LogP contribution >= 0.6 is 0 Å². The van der Waals surface area contributed by atoms with Crippen LogP contribution in [0.4, 0.5) is 0 Å². The molecule has 2 aromatic carbocycles. The third-order valence-electron chi connectivity index (χ3n) is 4.47. The molecule has 0 saturated carbocycles. The molecule has 1 amide bonds. The van der Waals surface area contributed by atoms with Crippen LogP contribution < -0.4 is 14.8 Å². The van der Waals surface area contributed by atoms with E-state index in [1.54, 1.807) is 23.8 Å². The van der Waals surface area contributed by atoms with Gasteiger partial charge in [0.15, 0.2) is 11.5 Å². The number of methoxy groups -OCH3 is 1. The number of carbonyl (C=O) groups is 1. The number of hydrogen-bond acceptors (Lipinski definition) is 6. The molecule has 0 unspecified atom stereocenters. The molecule has 0 aliphatic heterocycles. The van der Waals surface area contributed by atoms with E-state index in [4.69, 9.17) is 9.47 Å². The summed E-state index contributed by atoms with van der Waals surface area (Å²) in [5.74, 6) is 1.60. The maximum Gasteiger partial charge on any atom is 0.231 e. The predicted molar refractivity (Wildman–Crippen MR) is 111 cm³/mol. The molecular weight excluding hydrogens is 382 g/mol.